The Kier molecular flexibility index (Phi) is 6.21. The summed E-state index contributed by atoms with van der Waals surface area (Å²) in [7, 11) is 0. The Morgan fingerprint density at radius 3 is 1.80 bits per heavy atom. The van der Waals surface area contributed by atoms with Crippen molar-refractivity contribution >= 4 is 0 Å². The predicted octanol–water partition coefficient (Wildman–Crippen LogP) is 3.53. The van der Waals surface area contributed by atoms with E-state index in [4.69, 9.17) is 14.2 Å². The highest BCUT2D eigenvalue weighted by atomic mass is 16.7. The van der Waals surface area contributed by atoms with Crippen molar-refractivity contribution in [3.8, 4) is 0 Å². The average Bonchev–Trinajstić information content (AvgIpc) is 2.64. The molecule has 1 N–H and O–H groups in total. The second-order valence-corrected chi connectivity index (χ2v) is 6.61. The monoisotopic (exact) mass is 342 g/mol. The van der Waals surface area contributed by atoms with Gasteiger partial charge in [-0.15, -0.1) is 0 Å². The summed E-state index contributed by atoms with van der Waals surface area (Å²) in [4.78, 5) is 0. The fraction of sp³-hybridized carbons (Fsp3) is 0.429. The van der Waals surface area contributed by atoms with Crippen molar-refractivity contribution in [1.82, 2.24) is 0 Å². The van der Waals surface area contributed by atoms with Crippen LogP contribution < -0.4 is 0 Å². The van der Waals surface area contributed by atoms with Crippen molar-refractivity contribution < 1.29 is 19.3 Å². The Labute approximate surface area is 149 Å². The number of benzene rings is 2. The van der Waals surface area contributed by atoms with E-state index in [9.17, 15) is 5.11 Å². The molecule has 1 aliphatic rings. The van der Waals surface area contributed by atoms with Gasteiger partial charge in [-0.1, -0.05) is 67.6 Å². The van der Waals surface area contributed by atoms with Gasteiger partial charge in [0.2, 0.25) is 0 Å². The molecular formula is C21H26O4. The lowest BCUT2D eigenvalue weighted by Crippen LogP contribution is -2.54. The van der Waals surface area contributed by atoms with Gasteiger partial charge in [0.15, 0.2) is 6.29 Å². The van der Waals surface area contributed by atoms with E-state index in [1.54, 1.807) is 0 Å². The molecule has 5 atom stereocenters. The van der Waals surface area contributed by atoms with E-state index in [0.717, 1.165) is 11.1 Å². The van der Waals surface area contributed by atoms with E-state index in [1.165, 1.54) is 0 Å². The normalized spacial score (nSPS) is 29.5. The maximum atomic E-state index is 10.4. The van der Waals surface area contributed by atoms with E-state index in [0.29, 0.717) is 13.2 Å². The zero-order valence-electron chi connectivity index (χ0n) is 14.7. The van der Waals surface area contributed by atoms with E-state index in [1.807, 2.05) is 67.6 Å². The zero-order valence-corrected chi connectivity index (χ0v) is 14.7. The summed E-state index contributed by atoms with van der Waals surface area (Å²) >= 11 is 0. The van der Waals surface area contributed by atoms with Gasteiger partial charge < -0.3 is 19.3 Å². The molecule has 0 aromatic heterocycles. The Morgan fingerprint density at radius 2 is 1.28 bits per heavy atom. The number of ether oxygens (including phenoxy) is 3. The van der Waals surface area contributed by atoms with Crippen LogP contribution >= 0.6 is 0 Å². The summed E-state index contributed by atoms with van der Waals surface area (Å²) in [5.41, 5.74) is 2.16. The van der Waals surface area contributed by atoms with Crippen molar-refractivity contribution in [2.75, 3.05) is 0 Å². The van der Waals surface area contributed by atoms with E-state index in [-0.39, 0.29) is 18.1 Å². The van der Waals surface area contributed by atoms with Crippen LogP contribution in [-0.2, 0) is 27.4 Å². The van der Waals surface area contributed by atoms with Crippen LogP contribution in [0.4, 0.5) is 0 Å². The van der Waals surface area contributed by atoms with Crippen LogP contribution in [0.5, 0.6) is 0 Å². The van der Waals surface area contributed by atoms with Gasteiger partial charge in [-0.2, -0.15) is 0 Å². The maximum Gasteiger partial charge on any atom is 0.184 e. The molecule has 4 nitrogen and oxygen atoms in total. The quantitative estimate of drug-likeness (QED) is 0.872. The standard InChI is InChI=1S/C21H26O4/c1-15-16(2)25-21(22)20(24-14-18-11-7-4-8-12-18)19(15)23-13-17-9-5-3-6-10-17/h3-12,15-16,19-22H,13-14H2,1-2H3/t15-,16+,19?,20+,21?/m1/s1. The molecule has 0 radical (unpaired) electrons. The topological polar surface area (TPSA) is 47.9 Å². The summed E-state index contributed by atoms with van der Waals surface area (Å²) in [6.07, 6.45) is -1.83. The molecule has 0 amide bonds. The summed E-state index contributed by atoms with van der Waals surface area (Å²) in [6.45, 7) is 4.93. The van der Waals surface area contributed by atoms with Gasteiger partial charge in [-0.05, 0) is 18.1 Å². The molecule has 134 valence electrons. The van der Waals surface area contributed by atoms with Crippen LogP contribution in [0.25, 0.3) is 0 Å². The molecule has 0 aliphatic carbocycles. The molecule has 0 spiro atoms. The minimum Gasteiger partial charge on any atom is -0.370 e. The number of aliphatic hydroxyl groups is 1. The summed E-state index contributed by atoms with van der Waals surface area (Å²) in [6, 6.07) is 20.0. The SMILES string of the molecule is C[C@@H]1OC(O)[C@@H](OCc2ccccc2)C(OCc2ccccc2)[C@@H]1C. The fourth-order valence-electron chi connectivity index (χ4n) is 3.11. The van der Waals surface area contributed by atoms with Crippen molar-refractivity contribution in [1.29, 1.82) is 0 Å². The first-order valence-electron chi connectivity index (χ1n) is 8.79. The van der Waals surface area contributed by atoms with E-state index in [2.05, 4.69) is 6.92 Å². The van der Waals surface area contributed by atoms with E-state index >= 15 is 0 Å². The lowest BCUT2D eigenvalue weighted by molar-refractivity contribution is -0.286. The summed E-state index contributed by atoms with van der Waals surface area (Å²) in [5.74, 6) is 0.118. The average molecular weight is 342 g/mol. The third-order valence-electron chi connectivity index (χ3n) is 4.79. The number of aliphatic hydroxyl groups excluding tert-OH is 1. The van der Waals surface area contributed by atoms with Crippen LogP contribution in [0.3, 0.4) is 0 Å². The Morgan fingerprint density at radius 1 is 0.800 bits per heavy atom. The molecule has 2 aromatic carbocycles. The maximum absolute atomic E-state index is 10.4. The molecular weight excluding hydrogens is 316 g/mol. The van der Waals surface area contributed by atoms with Gasteiger partial charge >= 0.3 is 0 Å². The van der Waals surface area contributed by atoms with Crippen molar-refractivity contribution in [3.05, 3.63) is 71.8 Å². The minimum atomic E-state index is -0.990. The van der Waals surface area contributed by atoms with Crippen molar-refractivity contribution in [2.24, 2.45) is 5.92 Å². The molecule has 0 bridgehead atoms. The smallest absolute Gasteiger partial charge is 0.184 e. The molecule has 1 aliphatic heterocycles. The second kappa shape index (κ2) is 8.59. The Balaban J connectivity index is 1.67. The van der Waals surface area contributed by atoms with Crippen molar-refractivity contribution in [3.63, 3.8) is 0 Å². The van der Waals surface area contributed by atoms with Crippen LogP contribution in [0.15, 0.2) is 60.7 Å². The fourth-order valence-corrected chi connectivity index (χ4v) is 3.11. The van der Waals surface area contributed by atoms with Crippen LogP contribution in [0.2, 0.25) is 0 Å². The first kappa shape index (κ1) is 18.1. The lowest BCUT2D eigenvalue weighted by atomic mass is 9.91. The van der Waals surface area contributed by atoms with Gasteiger partial charge in [-0.25, -0.2) is 0 Å². The van der Waals surface area contributed by atoms with Crippen LogP contribution in [-0.4, -0.2) is 29.7 Å². The molecule has 3 rings (SSSR count). The van der Waals surface area contributed by atoms with Gasteiger partial charge in [-0.3, -0.25) is 0 Å². The molecule has 2 unspecified atom stereocenters. The van der Waals surface area contributed by atoms with Gasteiger partial charge in [0.25, 0.3) is 0 Å². The highest BCUT2D eigenvalue weighted by Gasteiger charge is 2.43. The first-order chi connectivity index (χ1) is 12.1. The molecule has 1 fully saturated rings. The zero-order chi connectivity index (χ0) is 17.6. The van der Waals surface area contributed by atoms with E-state index < -0.39 is 12.4 Å². The molecule has 4 heteroatoms. The van der Waals surface area contributed by atoms with Crippen LogP contribution in [0.1, 0.15) is 25.0 Å². The molecule has 25 heavy (non-hydrogen) atoms. The first-order valence-corrected chi connectivity index (χ1v) is 8.79. The predicted molar refractivity (Wildman–Crippen MR) is 95.8 cm³/mol. The Hall–Kier alpha value is -1.72. The largest absolute Gasteiger partial charge is 0.370 e. The van der Waals surface area contributed by atoms with Crippen LogP contribution in [0, 0.1) is 5.92 Å². The number of rotatable bonds is 6. The molecule has 0 saturated carbocycles. The number of hydrogen-bond acceptors (Lipinski definition) is 4. The highest BCUT2D eigenvalue weighted by Crippen LogP contribution is 2.30. The summed E-state index contributed by atoms with van der Waals surface area (Å²) < 4.78 is 17.8. The van der Waals surface area contributed by atoms with Gasteiger partial charge in [0.1, 0.15) is 6.10 Å². The third-order valence-corrected chi connectivity index (χ3v) is 4.79. The molecule has 2 aromatic rings. The highest BCUT2D eigenvalue weighted by molar-refractivity contribution is 5.14. The molecule has 1 saturated heterocycles. The second-order valence-electron chi connectivity index (χ2n) is 6.61. The Bertz CT molecular complexity index is 631. The molecule has 1 heterocycles. The van der Waals surface area contributed by atoms with Crippen molar-refractivity contribution in [2.45, 2.75) is 51.7 Å². The van der Waals surface area contributed by atoms with Gasteiger partial charge in [0.05, 0.1) is 25.4 Å². The third kappa shape index (κ3) is 4.67. The summed E-state index contributed by atoms with van der Waals surface area (Å²) in [5, 5.41) is 10.4. The number of hydrogen-bond donors (Lipinski definition) is 1. The minimum absolute atomic E-state index is 0.0904. The lowest BCUT2D eigenvalue weighted by Gasteiger charge is -2.42. The van der Waals surface area contributed by atoms with Gasteiger partial charge in [0, 0.05) is 5.92 Å².